The number of hydrogen-bond acceptors (Lipinski definition) is 7. The van der Waals surface area contributed by atoms with Gasteiger partial charge in [-0.3, -0.25) is 4.79 Å². The van der Waals surface area contributed by atoms with E-state index >= 15 is 0 Å². The summed E-state index contributed by atoms with van der Waals surface area (Å²) in [5.74, 6) is 0.274. The summed E-state index contributed by atoms with van der Waals surface area (Å²) in [5.41, 5.74) is 5.99. The molecular weight excluding hydrogens is 254 g/mol. The average Bonchev–Trinajstić information content (AvgIpc) is 2.44. The summed E-state index contributed by atoms with van der Waals surface area (Å²) < 4.78 is 5.17. The molecule has 0 heterocycles. The molecule has 7 heteroatoms. The zero-order chi connectivity index (χ0) is 14.4. The van der Waals surface area contributed by atoms with E-state index in [1.165, 1.54) is 12.1 Å². The second kappa shape index (κ2) is 7.05. The first-order chi connectivity index (χ1) is 8.99. The Balaban J connectivity index is 2.72. The van der Waals surface area contributed by atoms with Gasteiger partial charge in [0, 0.05) is 5.69 Å². The highest BCUT2D eigenvalue weighted by molar-refractivity contribution is 5.58. The van der Waals surface area contributed by atoms with Gasteiger partial charge in [-0.1, -0.05) is 0 Å². The molecule has 0 amide bonds. The van der Waals surface area contributed by atoms with E-state index in [9.17, 15) is 20.1 Å². The number of aldehydes is 1. The Hall–Kier alpha value is -1.67. The molecular formula is C12H17NO6. The van der Waals surface area contributed by atoms with Gasteiger partial charge < -0.3 is 30.9 Å². The third kappa shape index (κ3) is 4.18. The summed E-state index contributed by atoms with van der Waals surface area (Å²) >= 11 is 0. The predicted octanol–water partition coefficient (Wildman–Crippen LogP) is -1.71. The molecule has 0 aliphatic heterocycles. The Morgan fingerprint density at radius 3 is 2.21 bits per heavy atom. The minimum Gasteiger partial charge on any atom is -0.480 e. The molecule has 0 saturated carbocycles. The predicted molar refractivity (Wildman–Crippen MR) is 66.4 cm³/mol. The van der Waals surface area contributed by atoms with Crippen molar-refractivity contribution in [2.24, 2.45) is 0 Å². The van der Waals surface area contributed by atoms with Crippen molar-refractivity contribution < 1.29 is 30.0 Å². The van der Waals surface area contributed by atoms with Crippen molar-refractivity contribution in [1.82, 2.24) is 0 Å². The summed E-state index contributed by atoms with van der Waals surface area (Å²) in [4.78, 5) is 10.9. The lowest BCUT2D eigenvalue weighted by Gasteiger charge is -2.26. The molecule has 1 rings (SSSR count). The van der Waals surface area contributed by atoms with Crippen LogP contribution in [0.3, 0.4) is 0 Å². The van der Waals surface area contributed by atoms with Gasteiger partial charge in [0.2, 0.25) is 0 Å². The van der Waals surface area contributed by atoms with Gasteiger partial charge in [0.25, 0.3) is 0 Å². The van der Waals surface area contributed by atoms with Gasteiger partial charge in [-0.25, -0.2) is 0 Å². The van der Waals surface area contributed by atoms with Crippen LogP contribution in [0.25, 0.3) is 0 Å². The molecule has 0 spiro atoms. The van der Waals surface area contributed by atoms with E-state index in [0.29, 0.717) is 12.0 Å². The molecule has 0 fully saturated rings. The highest BCUT2D eigenvalue weighted by atomic mass is 16.5. The van der Waals surface area contributed by atoms with Crippen molar-refractivity contribution in [3.63, 3.8) is 0 Å². The van der Waals surface area contributed by atoms with Crippen molar-refractivity contribution in [3.8, 4) is 5.75 Å². The molecule has 19 heavy (non-hydrogen) atoms. The lowest BCUT2D eigenvalue weighted by Crippen LogP contribution is -2.48. The smallest absolute Gasteiger partial charge is 0.182 e. The Morgan fingerprint density at radius 2 is 1.74 bits per heavy atom. The number of ether oxygens (including phenoxy) is 1. The van der Waals surface area contributed by atoms with E-state index in [-0.39, 0.29) is 5.75 Å². The van der Waals surface area contributed by atoms with Crippen LogP contribution >= 0.6 is 0 Å². The van der Waals surface area contributed by atoms with Crippen molar-refractivity contribution in [3.05, 3.63) is 24.3 Å². The Bertz CT molecular complexity index is 396. The minimum atomic E-state index is -1.70. The van der Waals surface area contributed by atoms with Crippen LogP contribution in [-0.2, 0) is 4.79 Å². The van der Waals surface area contributed by atoms with Gasteiger partial charge in [-0.2, -0.15) is 0 Å². The SMILES string of the molecule is Nc1ccc(O[C@H](C=O)[C@@H](O)[C@H](O)[C@H](O)CO)cc1. The number of carbonyl (C=O) groups excluding carboxylic acids is 1. The van der Waals surface area contributed by atoms with Crippen molar-refractivity contribution in [1.29, 1.82) is 0 Å². The minimum absolute atomic E-state index is 0.274. The monoisotopic (exact) mass is 271 g/mol. The van der Waals surface area contributed by atoms with E-state index in [2.05, 4.69) is 0 Å². The summed E-state index contributed by atoms with van der Waals surface area (Å²) in [6.07, 6.45) is -6.01. The maximum atomic E-state index is 10.9. The first kappa shape index (κ1) is 15.4. The van der Waals surface area contributed by atoms with Gasteiger partial charge in [-0.05, 0) is 24.3 Å². The van der Waals surface area contributed by atoms with Crippen LogP contribution in [0.4, 0.5) is 5.69 Å². The third-order valence-electron chi connectivity index (χ3n) is 2.55. The molecule has 0 saturated heterocycles. The van der Waals surface area contributed by atoms with Gasteiger partial charge in [0.1, 0.15) is 24.1 Å². The number of anilines is 1. The lowest BCUT2D eigenvalue weighted by molar-refractivity contribution is -0.133. The molecule has 0 aliphatic carbocycles. The van der Waals surface area contributed by atoms with E-state index in [1.54, 1.807) is 12.1 Å². The van der Waals surface area contributed by atoms with Crippen molar-refractivity contribution in [2.75, 3.05) is 12.3 Å². The fourth-order valence-electron chi connectivity index (χ4n) is 1.41. The zero-order valence-corrected chi connectivity index (χ0v) is 10.1. The molecule has 6 N–H and O–H groups in total. The van der Waals surface area contributed by atoms with E-state index in [4.69, 9.17) is 15.6 Å². The average molecular weight is 271 g/mol. The largest absolute Gasteiger partial charge is 0.480 e. The molecule has 7 nitrogen and oxygen atoms in total. The Morgan fingerprint density at radius 1 is 1.16 bits per heavy atom. The highest BCUT2D eigenvalue weighted by Crippen LogP contribution is 2.16. The van der Waals surface area contributed by atoms with Crippen LogP contribution in [0.5, 0.6) is 5.75 Å². The summed E-state index contributed by atoms with van der Waals surface area (Å²) in [5, 5.41) is 37.0. The molecule has 0 bridgehead atoms. The molecule has 4 atom stereocenters. The molecule has 1 aromatic carbocycles. The molecule has 106 valence electrons. The number of rotatable bonds is 7. The second-order valence-corrected chi connectivity index (χ2v) is 4.02. The quantitative estimate of drug-likeness (QED) is 0.294. The van der Waals surface area contributed by atoms with Gasteiger partial charge in [0.15, 0.2) is 12.4 Å². The molecule has 0 unspecified atom stereocenters. The topological polar surface area (TPSA) is 133 Å². The van der Waals surface area contributed by atoms with Crippen LogP contribution in [0.15, 0.2) is 24.3 Å². The van der Waals surface area contributed by atoms with Crippen molar-refractivity contribution in [2.45, 2.75) is 24.4 Å². The number of benzene rings is 1. The molecule has 1 aromatic rings. The Labute approximate surface area is 109 Å². The zero-order valence-electron chi connectivity index (χ0n) is 10.1. The molecule has 0 aromatic heterocycles. The van der Waals surface area contributed by atoms with Crippen LogP contribution < -0.4 is 10.5 Å². The normalized spacial score (nSPS) is 17.3. The number of hydrogen-bond donors (Lipinski definition) is 5. The summed E-state index contributed by atoms with van der Waals surface area (Å²) in [6, 6.07) is 6.08. The lowest BCUT2D eigenvalue weighted by atomic mass is 10.0. The van der Waals surface area contributed by atoms with Gasteiger partial charge >= 0.3 is 0 Å². The third-order valence-corrected chi connectivity index (χ3v) is 2.55. The second-order valence-electron chi connectivity index (χ2n) is 4.02. The first-order valence-corrected chi connectivity index (χ1v) is 5.62. The number of aliphatic hydroxyl groups excluding tert-OH is 4. The fraction of sp³-hybridized carbons (Fsp3) is 0.417. The number of aliphatic hydroxyl groups is 4. The van der Waals surface area contributed by atoms with E-state index < -0.39 is 31.0 Å². The molecule has 0 aliphatic rings. The fourth-order valence-corrected chi connectivity index (χ4v) is 1.41. The van der Waals surface area contributed by atoms with Gasteiger partial charge in [0.05, 0.1) is 6.61 Å². The molecule has 0 radical (unpaired) electrons. The Kier molecular flexibility index (Phi) is 5.71. The number of carbonyl (C=O) groups is 1. The van der Waals surface area contributed by atoms with Crippen LogP contribution in [0, 0.1) is 0 Å². The van der Waals surface area contributed by atoms with E-state index in [1.807, 2.05) is 0 Å². The standard InChI is InChI=1S/C12H17NO6/c13-7-1-3-8(4-2-7)19-10(6-15)12(18)11(17)9(16)5-14/h1-4,6,9-12,14,16-18H,5,13H2/t9-,10-,11-,12-/m1/s1. The summed E-state index contributed by atoms with van der Waals surface area (Å²) in [7, 11) is 0. The van der Waals surface area contributed by atoms with Crippen LogP contribution in [0.2, 0.25) is 0 Å². The number of nitrogen functional groups attached to an aromatic ring is 1. The van der Waals surface area contributed by atoms with Crippen LogP contribution in [0.1, 0.15) is 0 Å². The number of nitrogens with two attached hydrogens (primary N) is 1. The maximum Gasteiger partial charge on any atom is 0.182 e. The van der Waals surface area contributed by atoms with Crippen molar-refractivity contribution >= 4 is 12.0 Å². The maximum absolute atomic E-state index is 10.9. The first-order valence-electron chi connectivity index (χ1n) is 5.62. The van der Waals surface area contributed by atoms with E-state index in [0.717, 1.165) is 0 Å². The van der Waals surface area contributed by atoms with Gasteiger partial charge in [-0.15, -0.1) is 0 Å². The highest BCUT2D eigenvalue weighted by Gasteiger charge is 2.32. The summed E-state index contributed by atoms with van der Waals surface area (Å²) in [6.45, 7) is -0.744. The van der Waals surface area contributed by atoms with Crippen LogP contribution in [-0.4, -0.2) is 57.7 Å².